The second-order valence-electron chi connectivity index (χ2n) is 3.44. The van der Waals surface area contributed by atoms with Crippen LogP contribution in [0.3, 0.4) is 0 Å². The number of hydrogen-bond donors (Lipinski definition) is 0. The third kappa shape index (κ3) is 3.05. The molecule has 0 aliphatic rings. The van der Waals surface area contributed by atoms with Gasteiger partial charge in [-0.25, -0.2) is 0 Å². The number of rotatable bonds is 1. The van der Waals surface area contributed by atoms with Gasteiger partial charge in [0.25, 0.3) is 0 Å². The van der Waals surface area contributed by atoms with Gasteiger partial charge in [-0.05, 0) is 49.1 Å². The molecule has 3 heteroatoms. The quantitative estimate of drug-likeness (QED) is 0.288. The minimum Gasteiger partial charge on any atom is -0.0919 e. The lowest BCUT2D eigenvalue weighted by Crippen LogP contribution is -1.88. The molecule has 1 aromatic carbocycles. The first-order valence-corrected chi connectivity index (χ1v) is 4.72. The van der Waals surface area contributed by atoms with Gasteiger partial charge in [0.05, 0.1) is 6.54 Å². The van der Waals surface area contributed by atoms with E-state index in [1.807, 2.05) is 6.92 Å². The van der Waals surface area contributed by atoms with Crippen molar-refractivity contribution < 1.29 is 0 Å². The van der Waals surface area contributed by atoms with E-state index in [0.29, 0.717) is 0 Å². The molecule has 0 heterocycles. The second kappa shape index (κ2) is 5.09. The molecule has 0 aromatic heterocycles. The summed E-state index contributed by atoms with van der Waals surface area (Å²) in [7, 11) is 0. The maximum atomic E-state index is 8.09. The lowest BCUT2D eigenvalue weighted by atomic mass is 10.0. The molecule has 0 saturated carbocycles. The maximum Gasteiger partial charge on any atom is 0.0880 e. The molecule has 0 atom stereocenters. The Morgan fingerprint density at radius 1 is 1.20 bits per heavy atom. The van der Waals surface area contributed by atoms with Crippen LogP contribution in [-0.2, 0) is 0 Å². The molecule has 0 bridgehead atoms. The number of azide groups is 1. The monoisotopic (exact) mass is 199 g/mol. The molecule has 3 nitrogen and oxygen atoms in total. The van der Waals surface area contributed by atoms with Crippen molar-refractivity contribution in [1.82, 2.24) is 0 Å². The molecular formula is C12H13N3. The van der Waals surface area contributed by atoms with E-state index in [1.165, 1.54) is 11.1 Å². The van der Waals surface area contributed by atoms with Gasteiger partial charge >= 0.3 is 0 Å². The Bertz CT molecular complexity index is 472. The average Bonchev–Trinajstić information content (AvgIpc) is 2.20. The first kappa shape index (κ1) is 11.2. The van der Waals surface area contributed by atoms with E-state index in [4.69, 9.17) is 5.53 Å². The van der Waals surface area contributed by atoms with E-state index in [0.717, 1.165) is 11.1 Å². The van der Waals surface area contributed by atoms with Crippen molar-refractivity contribution in [1.29, 1.82) is 0 Å². The summed E-state index contributed by atoms with van der Waals surface area (Å²) in [6.07, 6.45) is 0. The van der Waals surface area contributed by atoms with Crippen molar-refractivity contribution in [3.63, 3.8) is 0 Å². The number of benzene rings is 1. The van der Waals surface area contributed by atoms with Crippen LogP contribution in [-0.4, -0.2) is 6.54 Å². The summed E-state index contributed by atoms with van der Waals surface area (Å²) in [5.74, 6) is 5.82. The van der Waals surface area contributed by atoms with Gasteiger partial charge in [0.1, 0.15) is 0 Å². The van der Waals surface area contributed by atoms with Gasteiger partial charge in [-0.3, -0.25) is 0 Å². The van der Waals surface area contributed by atoms with Crippen LogP contribution in [0.1, 0.15) is 22.3 Å². The van der Waals surface area contributed by atoms with E-state index < -0.39 is 0 Å². The fourth-order valence-electron chi connectivity index (χ4n) is 1.30. The van der Waals surface area contributed by atoms with Crippen LogP contribution < -0.4 is 0 Å². The summed E-state index contributed by atoms with van der Waals surface area (Å²) in [4.78, 5) is 2.64. The van der Waals surface area contributed by atoms with Crippen LogP contribution in [0.15, 0.2) is 17.2 Å². The summed E-state index contributed by atoms with van der Waals surface area (Å²) in [6.45, 7) is 6.40. The Labute approximate surface area is 89.8 Å². The molecule has 0 amide bonds. The van der Waals surface area contributed by atoms with Crippen molar-refractivity contribution in [2.24, 2.45) is 5.11 Å². The van der Waals surface area contributed by atoms with Crippen molar-refractivity contribution in [2.45, 2.75) is 20.8 Å². The van der Waals surface area contributed by atoms with Crippen LogP contribution in [0.5, 0.6) is 0 Å². The van der Waals surface area contributed by atoms with Gasteiger partial charge in [0, 0.05) is 10.5 Å². The van der Waals surface area contributed by atoms with Gasteiger partial charge < -0.3 is 0 Å². The average molecular weight is 199 g/mol. The second-order valence-corrected chi connectivity index (χ2v) is 3.44. The highest BCUT2D eigenvalue weighted by Crippen LogP contribution is 2.13. The van der Waals surface area contributed by atoms with Crippen molar-refractivity contribution in [2.75, 3.05) is 6.54 Å². The summed E-state index contributed by atoms with van der Waals surface area (Å²) < 4.78 is 0. The number of aryl methyl sites for hydroxylation is 3. The molecule has 1 aromatic rings. The van der Waals surface area contributed by atoms with Crippen molar-refractivity contribution >= 4 is 0 Å². The van der Waals surface area contributed by atoms with E-state index in [-0.39, 0.29) is 6.54 Å². The predicted octanol–water partition coefficient (Wildman–Crippen LogP) is 3.27. The number of hydrogen-bond acceptors (Lipinski definition) is 1. The molecule has 1 rings (SSSR count). The van der Waals surface area contributed by atoms with Crippen LogP contribution in [0.4, 0.5) is 0 Å². The highest BCUT2D eigenvalue weighted by atomic mass is 15.1. The summed E-state index contributed by atoms with van der Waals surface area (Å²) >= 11 is 0. The highest BCUT2D eigenvalue weighted by Gasteiger charge is 1.98. The van der Waals surface area contributed by atoms with Gasteiger partial charge in [-0.15, -0.1) is 0 Å². The van der Waals surface area contributed by atoms with Crippen LogP contribution in [0.2, 0.25) is 0 Å². The Morgan fingerprint density at radius 3 is 2.53 bits per heavy atom. The molecule has 0 radical (unpaired) electrons. The van der Waals surface area contributed by atoms with Gasteiger partial charge in [0.15, 0.2) is 0 Å². The van der Waals surface area contributed by atoms with E-state index in [2.05, 4.69) is 47.8 Å². The zero-order valence-corrected chi connectivity index (χ0v) is 9.20. The summed E-state index contributed by atoms with van der Waals surface area (Å²) in [5, 5.41) is 3.36. The highest BCUT2D eigenvalue weighted by molar-refractivity contribution is 5.46. The SMILES string of the molecule is Cc1cc(C)c(C#CCN=[N+]=[N-])cc1C. The Balaban J connectivity index is 2.98. The minimum atomic E-state index is 0.225. The van der Waals surface area contributed by atoms with Gasteiger partial charge in [-0.2, -0.15) is 0 Å². The van der Waals surface area contributed by atoms with E-state index in [1.54, 1.807) is 0 Å². The Hall–Kier alpha value is -1.91. The third-order valence-electron chi connectivity index (χ3n) is 2.28. The molecule has 0 aliphatic heterocycles. The fraction of sp³-hybridized carbons (Fsp3) is 0.333. The van der Waals surface area contributed by atoms with E-state index in [9.17, 15) is 0 Å². The predicted molar refractivity (Wildman–Crippen MR) is 61.5 cm³/mol. The fourth-order valence-corrected chi connectivity index (χ4v) is 1.30. The standard InChI is InChI=1S/C12H13N3/c1-9-7-11(3)12(8-10(9)2)5-4-6-14-15-13/h7-8H,6H2,1-3H3. The molecule has 0 N–H and O–H groups in total. The molecule has 0 spiro atoms. The minimum absolute atomic E-state index is 0.225. The molecule has 0 unspecified atom stereocenters. The zero-order chi connectivity index (χ0) is 11.3. The molecule has 0 saturated heterocycles. The normalized spacial score (nSPS) is 8.73. The van der Waals surface area contributed by atoms with Crippen molar-refractivity contribution in [3.05, 3.63) is 44.8 Å². The first-order chi connectivity index (χ1) is 7.15. The molecular weight excluding hydrogens is 186 g/mol. The van der Waals surface area contributed by atoms with Crippen LogP contribution in [0, 0.1) is 32.6 Å². The van der Waals surface area contributed by atoms with Crippen molar-refractivity contribution in [3.8, 4) is 11.8 Å². The van der Waals surface area contributed by atoms with Crippen LogP contribution in [0.25, 0.3) is 10.4 Å². The lowest BCUT2D eigenvalue weighted by Gasteiger charge is -2.03. The largest absolute Gasteiger partial charge is 0.0919 e. The molecule has 15 heavy (non-hydrogen) atoms. The molecule has 76 valence electrons. The smallest absolute Gasteiger partial charge is 0.0880 e. The number of nitrogens with zero attached hydrogens (tertiary/aromatic N) is 3. The molecule has 0 fully saturated rings. The third-order valence-corrected chi connectivity index (χ3v) is 2.28. The van der Waals surface area contributed by atoms with Crippen LogP contribution >= 0.6 is 0 Å². The Kier molecular flexibility index (Phi) is 3.79. The van der Waals surface area contributed by atoms with E-state index >= 15 is 0 Å². The van der Waals surface area contributed by atoms with Gasteiger partial charge in [0.2, 0.25) is 0 Å². The summed E-state index contributed by atoms with van der Waals surface area (Å²) in [5.41, 5.74) is 12.8. The zero-order valence-electron chi connectivity index (χ0n) is 9.20. The summed E-state index contributed by atoms with van der Waals surface area (Å²) in [6, 6.07) is 4.18. The van der Waals surface area contributed by atoms with Gasteiger partial charge in [-0.1, -0.05) is 23.0 Å². The maximum absolute atomic E-state index is 8.09. The lowest BCUT2D eigenvalue weighted by molar-refractivity contribution is 1.25. The molecule has 0 aliphatic carbocycles. The topological polar surface area (TPSA) is 48.8 Å². The first-order valence-electron chi connectivity index (χ1n) is 4.72. The Morgan fingerprint density at radius 2 is 1.87 bits per heavy atom.